The van der Waals surface area contributed by atoms with Gasteiger partial charge >= 0.3 is 0 Å². The van der Waals surface area contributed by atoms with Crippen molar-refractivity contribution in [3.05, 3.63) is 24.3 Å². The molecule has 0 aliphatic carbocycles. The third-order valence-corrected chi connectivity index (χ3v) is 2.03. The molecule has 1 aromatic carbocycles. The van der Waals surface area contributed by atoms with Crippen LogP contribution in [0.2, 0.25) is 0 Å². The maximum absolute atomic E-state index is 11.3. The van der Waals surface area contributed by atoms with Crippen molar-refractivity contribution in [1.82, 2.24) is 0 Å². The number of benzene rings is 1. The highest BCUT2D eigenvalue weighted by atomic mass is 16.7. The number of nitrogens with zero attached hydrogens (tertiary/aromatic N) is 1. The second kappa shape index (κ2) is 5.87. The van der Waals surface area contributed by atoms with E-state index >= 15 is 0 Å². The molecule has 16 heavy (non-hydrogen) atoms. The number of carbonyl (C=O) groups is 2. The lowest BCUT2D eigenvalue weighted by Crippen LogP contribution is -2.21. The Balaban J connectivity index is 2.99. The van der Waals surface area contributed by atoms with Gasteiger partial charge < -0.3 is 5.32 Å². The molecule has 0 heterocycles. The number of amides is 2. The summed E-state index contributed by atoms with van der Waals surface area (Å²) in [5, 5.41) is 3.74. The zero-order valence-electron chi connectivity index (χ0n) is 9.27. The molecule has 0 aliphatic heterocycles. The van der Waals surface area contributed by atoms with Crippen LogP contribution in [-0.2, 0) is 14.4 Å². The molecule has 86 valence electrons. The summed E-state index contributed by atoms with van der Waals surface area (Å²) < 4.78 is 0. The van der Waals surface area contributed by atoms with E-state index < -0.39 is 0 Å². The smallest absolute Gasteiger partial charge is 0.238 e. The molecule has 0 saturated heterocycles. The monoisotopic (exact) mass is 222 g/mol. The molecule has 0 bridgehead atoms. The normalized spacial score (nSPS) is 9.62. The Labute approximate surface area is 94.0 Å². The number of anilines is 2. The quantitative estimate of drug-likeness (QED) is 0.607. The van der Waals surface area contributed by atoms with Gasteiger partial charge in [0.25, 0.3) is 0 Å². The lowest BCUT2D eigenvalue weighted by atomic mass is 10.2. The molecule has 0 saturated carbocycles. The number of para-hydroxylation sites is 2. The van der Waals surface area contributed by atoms with Crippen LogP contribution in [0.3, 0.4) is 0 Å². The van der Waals surface area contributed by atoms with Crippen molar-refractivity contribution in [2.45, 2.75) is 13.3 Å². The third kappa shape index (κ3) is 2.80. The lowest BCUT2D eigenvalue weighted by Gasteiger charge is -2.17. The minimum absolute atomic E-state index is 0.116. The number of nitrogens with one attached hydrogen (secondary N) is 1. The van der Waals surface area contributed by atoms with Crippen LogP contribution in [0.4, 0.5) is 11.4 Å². The van der Waals surface area contributed by atoms with Gasteiger partial charge in [0.2, 0.25) is 12.3 Å². The summed E-state index contributed by atoms with van der Waals surface area (Å²) in [7, 11) is 1.38. The van der Waals surface area contributed by atoms with Crippen LogP contribution in [0.15, 0.2) is 24.3 Å². The molecule has 0 atom stereocenters. The second-order valence-electron chi connectivity index (χ2n) is 3.03. The van der Waals surface area contributed by atoms with Crippen LogP contribution in [0.5, 0.6) is 0 Å². The molecule has 0 radical (unpaired) electrons. The maximum Gasteiger partial charge on any atom is 0.238 e. The minimum Gasteiger partial charge on any atom is -0.324 e. The van der Waals surface area contributed by atoms with Crippen molar-refractivity contribution in [1.29, 1.82) is 0 Å². The molecule has 5 nitrogen and oxygen atoms in total. The van der Waals surface area contributed by atoms with E-state index in [0.717, 1.165) is 5.06 Å². The van der Waals surface area contributed by atoms with E-state index in [2.05, 4.69) is 5.32 Å². The van der Waals surface area contributed by atoms with Crippen molar-refractivity contribution in [3.63, 3.8) is 0 Å². The van der Waals surface area contributed by atoms with Gasteiger partial charge in [-0.3, -0.25) is 14.4 Å². The Bertz CT molecular complexity index is 379. The van der Waals surface area contributed by atoms with E-state index in [1.54, 1.807) is 31.2 Å². The predicted molar refractivity (Wildman–Crippen MR) is 60.9 cm³/mol. The minimum atomic E-state index is -0.116. The van der Waals surface area contributed by atoms with Crippen LogP contribution in [0.1, 0.15) is 13.3 Å². The highest BCUT2D eigenvalue weighted by molar-refractivity contribution is 5.95. The van der Waals surface area contributed by atoms with Crippen LogP contribution in [0.25, 0.3) is 0 Å². The van der Waals surface area contributed by atoms with Gasteiger partial charge in [-0.2, -0.15) is 5.06 Å². The molecule has 0 fully saturated rings. The summed E-state index contributed by atoms with van der Waals surface area (Å²) in [4.78, 5) is 26.9. The van der Waals surface area contributed by atoms with E-state index in [0.29, 0.717) is 24.2 Å². The molecule has 0 unspecified atom stereocenters. The van der Waals surface area contributed by atoms with E-state index in [1.807, 2.05) is 0 Å². The Morgan fingerprint density at radius 1 is 1.50 bits per heavy atom. The van der Waals surface area contributed by atoms with Crippen LogP contribution in [0, 0.1) is 0 Å². The first kappa shape index (κ1) is 12.2. The fourth-order valence-corrected chi connectivity index (χ4v) is 1.21. The number of rotatable bonds is 5. The summed E-state index contributed by atoms with van der Waals surface area (Å²) in [5.41, 5.74) is 1.05. The first-order valence-electron chi connectivity index (χ1n) is 4.90. The van der Waals surface area contributed by atoms with Gasteiger partial charge in [-0.15, -0.1) is 0 Å². The Hall–Kier alpha value is -1.88. The van der Waals surface area contributed by atoms with Crippen molar-refractivity contribution >= 4 is 23.7 Å². The average molecular weight is 222 g/mol. The summed E-state index contributed by atoms with van der Waals surface area (Å²) in [6, 6.07) is 6.92. The Kier molecular flexibility index (Phi) is 4.47. The molecule has 1 aromatic rings. The number of hydrogen-bond acceptors (Lipinski definition) is 3. The zero-order valence-corrected chi connectivity index (χ0v) is 9.27. The number of carbonyl (C=O) groups excluding carboxylic acids is 2. The summed E-state index contributed by atoms with van der Waals surface area (Å²) >= 11 is 0. The number of hydroxylamine groups is 1. The van der Waals surface area contributed by atoms with Crippen LogP contribution in [-0.4, -0.2) is 19.4 Å². The molecule has 1 rings (SSSR count). The Morgan fingerprint density at radius 2 is 2.19 bits per heavy atom. The summed E-state index contributed by atoms with van der Waals surface area (Å²) in [6.07, 6.45) is 0.916. The molecule has 0 aromatic heterocycles. The predicted octanol–water partition coefficient (Wildman–Crippen LogP) is 1.56. The lowest BCUT2D eigenvalue weighted by molar-refractivity contribution is -0.116. The van der Waals surface area contributed by atoms with Gasteiger partial charge in [0.05, 0.1) is 18.5 Å². The Morgan fingerprint density at radius 3 is 2.75 bits per heavy atom. The molecule has 0 aliphatic rings. The van der Waals surface area contributed by atoms with Gasteiger partial charge in [0.1, 0.15) is 0 Å². The fraction of sp³-hybridized carbons (Fsp3) is 0.273. The van der Waals surface area contributed by atoms with Crippen LogP contribution >= 0.6 is 0 Å². The highest BCUT2D eigenvalue weighted by Gasteiger charge is 2.10. The molecule has 5 heteroatoms. The van der Waals surface area contributed by atoms with E-state index in [1.165, 1.54) is 7.11 Å². The second-order valence-corrected chi connectivity index (χ2v) is 3.03. The highest BCUT2D eigenvalue weighted by Crippen LogP contribution is 2.24. The molecule has 1 N–H and O–H groups in total. The molecular weight excluding hydrogens is 208 g/mol. The SMILES string of the molecule is CCC(=O)Nc1ccccc1N(C=O)OC. The van der Waals surface area contributed by atoms with Gasteiger partial charge in [0.15, 0.2) is 0 Å². The van der Waals surface area contributed by atoms with Crippen molar-refractivity contribution in [2.75, 3.05) is 17.5 Å². The largest absolute Gasteiger partial charge is 0.324 e. The molecular formula is C11H14N2O3. The molecule has 2 amide bonds. The topological polar surface area (TPSA) is 58.6 Å². The van der Waals surface area contributed by atoms with Crippen molar-refractivity contribution in [3.8, 4) is 0 Å². The summed E-state index contributed by atoms with van der Waals surface area (Å²) in [6.45, 7) is 1.76. The van der Waals surface area contributed by atoms with Gasteiger partial charge in [0, 0.05) is 6.42 Å². The average Bonchev–Trinajstić information content (AvgIpc) is 2.32. The van der Waals surface area contributed by atoms with Gasteiger partial charge in [-0.25, -0.2) is 0 Å². The third-order valence-electron chi connectivity index (χ3n) is 2.03. The fourth-order valence-electron chi connectivity index (χ4n) is 1.21. The standard InChI is InChI=1S/C11H14N2O3/c1-3-11(15)12-9-6-4-5-7-10(9)13(8-14)16-2/h4-8H,3H2,1-2H3,(H,12,15). The zero-order chi connectivity index (χ0) is 12.0. The van der Waals surface area contributed by atoms with E-state index in [-0.39, 0.29) is 5.91 Å². The summed E-state index contributed by atoms with van der Waals surface area (Å²) in [5.74, 6) is -0.116. The maximum atomic E-state index is 11.3. The van der Waals surface area contributed by atoms with Crippen LogP contribution < -0.4 is 10.4 Å². The van der Waals surface area contributed by atoms with E-state index in [4.69, 9.17) is 4.84 Å². The van der Waals surface area contributed by atoms with Gasteiger partial charge in [-0.1, -0.05) is 19.1 Å². The first-order chi connectivity index (χ1) is 7.72. The van der Waals surface area contributed by atoms with E-state index in [9.17, 15) is 9.59 Å². The van der Waals surface area contributed by atoms with Crippen molar-refractivity contribution in [2.24, 2.45) is 0 Å². The van der Waals surface area contributed by atoms with Gasteiger partial charge in [-0.05, 0) is 12.1 Å². The molecule has 0 spiro atoms. The first-order valence-corrected chi connectivity index (χ1v) is 4.90. The number of hydrogen-bond donors (Lipinski definition) is 1. The van der Waals surface area contributed by atoms with Crippen molar-refractivity contribution < 1.29 is 14.4 Å².